The van der Waals surface area contributed by atoms with Crippen LogP contribution in [0.25, 0.3) is 11.1 Å². The average Bonchev–Trinajstić information content (AvgIpc) is 3.25. The second-order valence-corrected chi connectivity index (χ2v) is 8.81. The van der Waals surface area contributed by atoms with Gasteiger partial charge in [-0.15, -0.1) is 0 Å². The van der Waals surface area contributed by atoms with Crippen molar-refractivity contribution in [2.75, 3.05) is 26.7 Å². The van der Waals surface area contributed by atoms with E-state index < -0.39 is 34.4 Å². The Kier molecular flexibility index (Phi) is 5.77. The number of sulfonamides is 1. The molecule has 0 radical (unpaired) electrons. The fourth-order valence-corrected chi connectivity index (χ4v) is 4.78. The molecule has 1 aromatic heterocycles. The molecule has 29 heavy (non-hydrogen) atoms. The molecule has 1 aliphatic heterocycles. The first-order chi connectivity index (χ1) is 13.5. The molecule has 2 heterocycles. The van der Waals surface area contributed by atoms with Crippen LogP contribution in [0, 0.1) is 0 Å². The van der Waals surface area contributed by atoms with Gasteiger partial charge in [0.25, 0.3) is 0 Å². The average molecular weight is 435 g/mol. The number of carbonyl (C=O) groups excluding carboxylic acids is 1. The number of oxazole rings is 1. The number of benzene rings is 1. The maximum atomic E-state index is 12.6. The number of aromatic nitrogens is 1. The zero-order valence-corrected chi connectivity index (χ0v) is 16.4. The van der Waals surface area contributed by atoms with Crippen molar-refractivity contribution in [3.63, 3.8) is 0 Å². The lowest BCUT2D eigenvalue weighted by Gasteiger charge is -2.18. The number of nitrogens with zero attached hydrogens (tertiary/aromatic N) is 3. The second-order valence-electron chi connectivity index (χ2n) is 6.88. The molecule has 1 aromatic carbocycles. The van der Waals surface area contributed by atoms with Crippen molar-refractivity contribution >= 4 is 27.0 Å². The van der Waals surface area contributed by atoms with Gasteiger partial charge in [-0.1, -0.05) is 0 Å². The van der Waals surface area contributed by atoms with E-state index >= 15 is 0 Å². The first kappa shape index (κ1) is 21.4. The second kappa shape index (κ2) is 7.82. The molecule has 0 N–H and O–H groups in total. The summed E-state index contributed by atoms with van der Waals surface area (Å²) in [6, 6.07) is 3.99. The molecule has 0 bridgehead atoms. The minimum absolute atomic E-state index is 0.00575. The van der Waals surface area contributed by atoms with E-state index in [0.717, 1.165) is 24.5 Å². The van der Waals surface area contributed by atoms with Crippen molar-refractivity contribution in [3.05, 3.63) is 28.7 Å². The number of aryl methyl sites for hydroxylation is 1. The SMILES string of the molecule is CN(CC(F)(F)F)C(=O)CCn1c(=O)oc2cc(S(=O)(=O)N3CCCC3)ccc21. The molecule has 1 amide bonds. The van der Waals surface area contributed by atoms with Gasteiger partial charge in [0.15, 0.2) is 5.58 Å². The Morgan fingerprint density at radius 3 is 2.52 bits per heavy atom. The van der Waals surface area contributed by atoms with Crippen LogP contribution in [-0.2, 0) is 21.4 Å². The molecule has 1 aliphatic rings. The standard InChI is InChI=1S/C17H20F3N3O5S/c1-21(11-17(18,19)20)15(24)6-9-23-13-5-4-12(10-14(13)28-16(23)25)29(26,27)22-7-2-3-8-22/h4-5,10H,2-3,6-9,11H2,1H3. The molecule has 160 valence electrons. The first-order valence-electron chi connectivity index (χ1n) is 8.93. The lowest BCUT2D eigenvalue weighted by Crippen LogP contribution is -2.36. The van der Waals surface area contributed by atoms with Gasteiger partial charge in [-0.05, 0) is 25.0 Å². The number of alkyl halides is 3. The Labute approximate surface area is 164 Å². The minimum atomic E-state index is -4.51. The molecule has 0 aliphatic carbocycles. The highest BCUT2D eigenvalue weighted by atomic mass is 32.2. The fourth-order valence-electron chi connectivity index (χ4n) is 3.25. The third-order valence-electron chi connectivity index (χ3n) is 4.73. The van der Waals surface area contributed by atoms with Gasteiger partial charge >= 0.3 is 11.9 Å². The summed E-state index contributed by atoms with van der Waals surface area (Å²) < 4.78 is 70.0. The van der Waals surface area contributed by atoms with E-state index in [2.05, 4.69) is 0 Å². The fraction of sp³-hybridized carbons (Fsp3) is 0.529. The third kappa shape index (κ3) is 4.64. The molecule has 0 saturated carbocycles. The van der Waals surface area contributed by atoms with Crippen molar-refractivity contribution in [1.82, 2.24) is 13.8 Å². The van der Waals surface area contributed by atoms with Gasteiger partial charge in [0.2, 0.25) is 15.9 Å². The maximum absolute atomic E-state index is 12.6. The summed E-state index contributed by atoms with van der Waals surface area (Å²) in [7, 11) is -2.66. The quantitative estimate of drug-likeness (QED) is 0.690. The van der Waals surface area contributed by atoms with E-state index in [1.807, 2.05) is 0 Å². The highest BCUT2D eigenvalue weighted by Crippen LogP contribution is 2.24. The Morgan fingerprint density at radius 2 is 1.90 bits per heavy atom. The smallest absolute Gasteiger partial charge is 0.408 e. The molecule has 2 aromatic rings. The molecule has 1 fully saturated rings. The van der Waals surface area contributed by atoms with Crippen molar-refractivity contribution < 1.29 is 30.8 Å². The van der Waals surface area contributed by atoms with Crippen LogP contribution in [0.15, 0.2) is 32.3 Å². The summed E-state index contributed by atoms with van der Waals surface area (Å²) in [6.07, 6.45) is -3.29. The molecule has 0 atom stereocenters. The van der Waals surface area contributed by atoms with Gasteiger partial charge < -0.3 is 9.32 Å². The van der Waals surface area contributed by atoms with Crippen molar-refractivity contribution in [2.24, 2.45) is 0 Å². The first-order valence-corrected chi connectivity index (χ1v) is 10.4. The Morgan fingerprint density at radius 1 is 1.24 bits per heavy atom. The van der Waals surface area contributed by atoms with E-state index in [0.29, 0.717) is 18.0 Å². The van der Waals surface area contributed by atoms with Gasteiger partial charge in [-0.25, -0.2) is 13.2 Å². The Hall–Kier alpha value is -2.34. The largest absolute Gasteiger partial charge is 0.419 e. The van der Waals surface area contributed by atoms with Crippen LogP contribution in [0.4, 0.5) is 13.2 Å². The number of rotatable bonds is 6. The highest BCUT2D eigenvalue weighted by Gasteiger charge is 2.31. The van der Waals surface area contributed by atoms with Crippen LogP contribution < -0.4 is 5.76 Å². The molecule has 8 nitrogen and oxygen atoms in total. The molecule has 12 heteroatoms. The van der Waals surface area contributed by atoms with Crippen LogP contribution in [0.2, 0.25) is 0 Å². The zero-order chi connectivity index (χ0) is 21.4. The van der Waals surface area contributed by atoms with E-state index in [1.165, 1.54) is 22.5 Å². The number of amides is 1. The van der Waals surface area contributed by atoms with Crippen molar-refractivity contribution in [2.45, 2.75) is 36.9 Å². The maximum Gasteiger partial charge on any atom is 0.419 e. The van der Waals surface area contributed by atoms with Crippen LogP contribution in [0.3, 0.4) is 0 Å². The topological polar surface area (TPSA) is 92.8 Å². The summed E-state index contributed by atoms with van der Waals surface area (Å²) in [6.45, 7) is -0.715. The Bertz CT molecular complexity index is 1070. The van der Waals surface area contributed by atoms with Gasteiger partial charge in [0.1, 0.15) is 6.54 Å². The van der Waals surface area contributed by atoms with E-state index in [9.17, 15) is 31.2 Å². The van der Waals surface area contributed by atoms with Gasteiger partial charge in [-0.3, -0.25) is 9.36 Å². The van der Waals surface area contributed by atoms with Crippen LogP contribution in [-0.4, -0.2) is 61.0 Å². The summed E-state index contributed by atoms with van der Waals surface area (Å²) in [4.78, 5) is 24.5. The molecular weight excluding hydrogens is 415 g/mol. The van der Waals surface area contributed by atoms with Crippen LogP contribution in [0.5, 0.6) is 0 Å². The number of carbonyl (C=O) groups is 1. The molecular formula is C17H20F3N3O5S. The van der Waals surface area contributed by atoms with Gasteiger partial charge in [0.05, 0.1) is 10.4 Å². The normalized spacial score (nSPS) is 15.9. The van der Waals surface area contributed by atoms with E-state index in [4.69, 9.17) is 4.42 Å². The van der Waals surface area contributed by atoms with Gasteiger partial charge in [-0.2, -0.15) is 17.5 Å². The summed E-state index contributed by atoms with van der Waals surface area (Å²) in [5.74, 6) is -1.60. The molecule has 1 saturated heterocycles. The monoisotopic (exact) mass is 435 g/mol. The zero-order valence-electron chi connectivity index (χ0n) is 15.6. The van der Waals surface area contributed by atoms with E-state index in [1.54, 1.807) is 0 Å². The third-order valence-corrected chi connectivity index (χ3v) is 6.63. The summed E-state index contributed by atoms with van der Waals surface area (Å²) in [5, 5.41) is 0. The number of hydrogen-bond donors (Lipinski definition) is 0. The minimum Gasteiger partial charge on any atom is -0.408 e. The predicted octanol–water partition coefficient (Wildman–Crippen LogP) is 1.79. The van der Waals surface area contributed by atoms with Crippen LogP contribution in [0.1, 0.15) is 19.3 Å². The van der Waals surface area contributed by atoms with E-state index in [-0.39, 0.29) is 29.0 Å². The number of hydrogen-bond acceptors (Lipinski definition) is 5. The lowest BCUT2D eigenvalue weighted by atomic mass is 10.3. The highest BCUT2D eigenvalue weighted by molar-refractivity contribution is 7.89. The molecule has 0 spiro atoms. The summed E-state index contributed by atoms with van der Waals surface area (Å²) >= 11 is 0. The molecule has 0 unspecified atom stereocenters. The van der Waals surface area contributed by atoms with Gasteiger partial charge in [0, 0.05) is 39.2 Å². The Balaban J connectivity index is 1.79. The molecule has 3 rings (SSSR count). The predicted molar refractivity (Wildman–Crippen MR) is 96.8 cm³/mol. The number of fused-ring (bicyclic) bond motifs is 1. The van der Waals surface area contributed by atoms with Crippen LogP contribution >= 0.6 is 0 Å². The number of halogens is 3. The van der Waals surface area contributed by atoms with Crippen molar-refractivity contribution in [1.29, 1.82) is 0 Å². The lowest BCUT2D eigenvalue weighted by molar-refractivity contribution is -0.158. The van der Waals surface area contributed by atoms with Crippen molar-refractivity contribution in [3.8, 4) is 0 Å². The summed E-state index contributed by atoms with van der Waals surface area (Å²) in [5.41, 5.74) is 0.299.